The summed E-state index contributed by atoms with van der Waals surface area (Å²) in [6.45, 7) is 6.59. The van der Waals surface area contributed by atoms with E-state index in [1.807, 2.05) is 11.8 Å². The molecule has 0 aliphatic carbocycles. The first kappa shape index (κ1) is 14.8. The SMILES string of the molecule is CNC(=O)C(CC(C)C)NC1CCCSC1C. The molecule has 1 fully saturated rings. The lowest BCUT2D eigenvalue weighted by Crippen LogP contribution is -2.51. The van der Waals surface area contributed by atoms with Crippen LogP contribution in [0.2, 0.25) is 0 Å². The van der Waals surface area contributed by atoms with Crippen LogP contribution in [0.15, 0.2) is 0 Å². The first-order valence-electron chi connectivity index (χ1n) is 6.63. The zero-order chi connectivity index (χ0) is 12.8. The Balaban J connectivity index is 2.54. The van der Waals surface area contributed by atoms with E-state index < -0.39 is 0 Å². The molecule has 0 saturated carbocycles. The van der Waals surface area contributed by atoms with E-state index in [2.05, 4.69) is 31.4 Å². The Bertz CT molecular complexity index is 246. The van der Waals surface area contributed by atoms with Crippen LogP contribution in [0.4, 0.5) is 0 Å². The van der Waals surface area contributed by atoms with Gasteiger partial charge >= 0.3 is 0 Å². The fraction of sp³-hybridized carbons (Fsp3) is 0.923. The number of thioether (sulfide) groups is 1. The van der Waals surface area contributed by atoms with E-state index in [9.17, 15) is 4.79 Å². The van der Waals surface area contributed by atoms with Crippen LogP contribution in [0.5, 0.6) is 0 Å². The summed E-state index contributed by atoms with van der Waals surface area (Å²) in [6, 6.07) is 0.445. The van der Waals surface area contributed by atoms with Gasteiger partial charge in [0.05, 0.1) is 6.04 Å². The molecule has 0 aromatic heterocycles. The molecular weight excluding hydrogens is 232 g/mol. The molecule has 0 spiro atoms. The molecule has 0 aromatic carbocycles. The van der Waals surface area contributed by atoms with Gasteiger partial charge in [-0.3, -0.25) is 4.79 Å². The van der Waals surface area contributed by atoms with Gasteiger partial charge in [0.15, 0.2) is 0 Å². The van der Waals surface area contributed by atoms with Gasteiger partial charge in [-0.05, 0) is 30.9 Å². The Kier molecular flexibility index (Phi) is 6.34. The highest BCUT2D eigenvalue weighted by Crippen LogP contribution is 2.25. The molecule has 3 unspecified atom stereocenters. The number of hydrogen-bond donors (Lipinski definition) is 2. The lowest BCUT2D eigenvalue weighted by Gasteiger charge is -2.32. The molecule has 0 aromatic rings. The van der Waals surface area contributed by atoms with Crippen molar-refractivity contribution in [1.82, 2.24) is 10.6 Å². The molecule has 0 radical (unpaired) electrons. The van der Waals surface area contributed by atoms with Gasteiger partial charge in [-0.2, -0.15) is 11.8 Å². The summed E-state index contributed by atoms with van der Waals surface area (Å²) in [5.41, 5.74) is 0. The molecule has 0 bridgehead atoms. The number of hydrogen-bond acceptors (Lipinski definition) is 3. The second kappa shape index (κ2) is 7.27. The molecular formula is C13H26N2OS. The average molecular weight is 258 g/mol. The van der Waals surface area contributed by atoms with Crippen LogP contribution in [0.25, 0.3) is 0 Å². The zero-order valence-corrected chi connectivity index (χ0v) is 12.3. The first-order valence-corrected chi connectivity index (χ1v) is 7.68. The predicted molar refractivity (Wildman–Crippen MR) is 75.4 cm³/mol. The van der Waals surface area contributed by atoms with E-state index in [0.717, 1.165) is 6.42 Å². The third-order valence-corrected chi connectivity index (χ3v) is 4.67. The molecule has 1 aliphatic heterocycles. The summed E-state index contributed by atoms with van der Waals surface area (Å²) in [7, 11) is 1.72. The van der Waals surface area contributed by atoms with Crippen molar-refractivity contribution in [2.75, 3.05) is 12.8 Å². The van der Waals surface area contributed by atoms with Crippen LogP contribution in [0.3, 0.4) is 0 Å². The molecule has 4 heteroatoms. The molecule has 3 nitrogen and oxygen atoms in total. The third-order valence-electron chi connectivity index (χ3n) is 3.29. The molecule has 2 N–H and O–H groups in total. The van der Waals surface area contributed by atoms with Crippen molar-refractivity contribution in [3.8, 4) is 0 Å². The Morgan fingerprint density at radius 3 is 2.71 bits per heavy atom. The molecule has 1 saturated heterocycles. The van der Waals surface area contributed by atoms with Crippen molar-refractivity contribution < 1.29 is 4.79 Å². The van der Waals surface area contributed by atoms with Gasteiger partial charge in [-0.25, -0.2) is 0 Å². The van der Waals surface area contributed by atoms with Crippen LogP contribution in [-0.4, -0.2) is 36.0 Å². The maximum atomic E-state index is 11.8. The van der Waals surface area contributed by atoms with Crippen LogP contribution in [-0.2, 0) is 4.79 Å². The Morgan fingerprint density at radius 1 is 1.47 bits per heavy atom. The summed E-state index contributed by atoms with van der Waals surface area (Å²) >= 11 is 2.01. The minimum atomic E-state index is -0.0360. The topological polar surface area (TPSA) is 41.1 Å². The Labute approximate surface area is 109 Å². The van der Waals surface area contributed by atoms with Crippen LogP contribution >= 0.6 is 11.8 Å². The van der Waals surface area contributed by atoms with Crippen molar-refractivity contribution in [2.45, 2.75) is 57.4 Å². The number of amides is 1. The number of rotatable bonds is 5. The van der Waals surface area contributed by atoms with E-state index in [1.165, 1.54) is 18.6 Å². The quantitative estimate of drug-likeness (QED) is 0.793. The van der Waals surface area contributed by atoms with E-state index in [4.69, 9.17) is 0 Å². The van der Waals surface area contributed by atoms with E-state index in [0.29, 0.717) is 17.2 Å². The van der Waals surface area contributed by atoms with Gasteiger partial charge in [0.1, 0.15) is 0 Å². The standard InChI is InChI=1S/C13H26N2OS/c1-9(2)8-12(13(16)14-4)15-11-6-5-7-17-10(11)3/h9-12,15H,5-8H2,1-4H3,(H,14,16). The van der Waals surface area contributed by atoms with Crippen molar-refractivity contribution in [3.05, 3.63) is 0 Å². The first-order chi connectivity index (χ1) is 8.04. The van der Waals surface area contributed by atoms with Gasteiger partial charge in [0.25, 0.3) is 0 Å². The predicted octanol–water partition coefficient (Wildman–Crippen LogP) is 2.02. The highest BCUT2D eigenvalue weighted by atomic mass is 32.2. The Morgan fingerprint density at radius 2 is 2.18 bits per heavy atom. The van der Waals surface area contributed by atoms with Crippen LogP contribution in [0, 0.1) is 5.92 Å². The number of nitrogens with one attached hydrogen (secondary N) is 2. The van der Waals surface area contributed by atoms with E-state index >= 15 is 0 Å². The summed E-state index contributed by atoms with van der Waals surface area (Å²) in [4.78, 5) is 11.8. The largest absolute Gasteiger partial charge is 0.358 e. The second-order valence-corrected chi connectivity index (χ2v) is 6.77. The van der Waals surface area contributed by atoms with Crippen LogP contribution < -0.4 is 10.6 Å². The van der Waals surface area contributed by atoms with Crippen molar-refractivity contribution >= 4 is 17.7 Å². The smallest absolute Gasteiger partial charge is 0.236 e. The average Bonchev–Trinajstić information content (AvgIpc) is 2.29. The normalized spacial score (nSPS) is 26.9. The maximum absolute atomic E-state index is 11.8. The molecule has 1 rings (SSSR count). The highest BCUT2D eigenvalue weighted by Gasteiger charge is 2.27. The molecule has 1 heterocycles. The summed E-state index contributed by atoms with van der Waals surface area (Å²) in [5, 5.41) is 6.94. The maximum Gasteiger partial charge on any atom is 0.236 e. The summed E-state index contributed by atoms with van der Waals surface area (Å²) in [6.07, 6.45) is 3.36. The number of likely N-dealkylation sites (N-methyl/N-ethyl adjacent to an activating group) is 1. The van der Waals surface area contributed by atoms with Crippen LogP contribution in [0.1, 0.15) is 40.0 Å². The van der Waals surface area contributed by atoms with Gasteiger partial charge in [0.2, 0.25) is 5.91 Å². The molecule has 1 aliphatic rings. The minimum absolute atomic E-state index is 0.0360. The lowest BCUT2D eigenvalue weighted by molar-refractivity contribution is -0.123. The fourth-order valence-electron chi connectivity index (χ4n) is 2.30. The molecule has 17 heavy (non-hydrogen) atoms. The van der Waals surface area contributed by atoms with Crippen molar-refractivity contribution in [2.24, 2.45) is 5.92 Å². The van der Waals surface area contributed by atoms with Gasteiger partial charge in [-0.1, -0.05) is 20.8 Å². The molecule has 1 amide bonds. The summed E-state index contributed by atoms with van der Waals surface area (Å²) in [5.74, 6) is 1.92. The van der Waals surface area contributed by atoms with E-state index in [-0.39, 0.29) is 11.9 Å². The second-order valence-electron chi connectivity index (χ2n) is 5.29. The number of carbonyl (C=O) groups is 1. The van der Waals surface area contributed by atoms with Crippen molar-refractivity contribution in [1.29, 1.82) is 0 Å². The van der Waals surface area contributed by atoms with Gasteiger partial charge in [-0.15, -0.1) is 0 Å². The Hall–Kier alpha value is -0.220. The molecule has 100 valence electrons. The van der Waals surface area contributed by atoms with Crippen molar-refractivity contribution in [3.63, 3.8) is 0 Å². The minimum Gasteiger partial charge on any atom is -0.358 e. The molecule has 3 atom stereocenters. The monoisotopic (exact) mass is 258 g/mol. The third kappa shape index (κ3) is 4.88. The van der Waals surface area contributed by atoms with Gasteiger partial charge < -0.3 is 10.6 Å². The fourth-order valence-corrected chi connectivity index (χ4v) is 3.45. The van der Waals surface area contributed by atoms with Gasteiger partial charge in [0, 0.05) is 18.3 Å². The lowest BCUT2D eigenvalue weighted by atomic mass is 10.00. The zero-order valence-electron chi connectivity index (χ0n) is 11.5. The van der Waals surface area contributed by atoms with E-state index in [1.54, 1.807) is 7.05 Å². The number of carbonyl (C=O) groups excluding carboxylic acids is 1. The highest BCUT2D eigenvalue weighted by molar-refractivity contribution is 7.99. The summed E-state index contributed by atoms with van der Waals surface area (Å²) < 4.78 is 0.